The molecule has 1 saturated heterocycles. The lowest BCUT2D eigenvalue weighted by Crippen LogP contribution is -2.38. The number of anilines is 1. The van der Waals surface area contributed by atoms with Crippen LogP contribution < -0.4 is 10.6 Å². The molecule has 0 unspecified atom stereocenters. The molecule has 1 aromatic heterocycles. The monoisotopic (exact) mass is 203 g/mol. The predicted molar refractivity (Wildman–Crippen MR) is 56.3 cm³/mol. The van der Waals surface area contributed by atoms with E-state index in [2.05, 4.69) is 20.6 Å². The first-order chi connectivity index (χ1) is 7.38. The lowest BCUT2D eigenvalue weighted by atomic mass is 10.1. The van der Waals surface area contributed by atoms with Gasteiger partial charge in [-0.2, -0.15) is 5.26 Å². The molecule has 5 heteroatoms. The molecule has 2 heterocycles. The standard InChI is InChI=1S/C10H13N5/c11-4-8-5-13-10(14-6-8)15-9-2-1-3-12-7-9/h5-6,9,12H,1-3,7H2,(H,13,14,15)/t9-/m1/s1. The minimum atomic E-state index is 0.395. The average Bonchev–Trinajstić information content (AvgIpc) is 2.31. The second-order valence-corrected chi connectivity index (χ2v) is 3.59. The largest absolute Gasteiger partial charge is 0.350 e. The number of nitriles is 1. The summed E-state index contributed by atoms with van der Waals surface area (Å²) in [6.07, 6.45) is 5.38. The molecule has 0 amide bonds. The van der Waals surface area contributed by atoms with Crippen molar-refractivity contribution >= 4 is 5.95 Å². The maximum absolute atomic E-state index is 8.59. The van der Waals surface area contributed by atoms with Gasteiger partial charge in [-0.1, -0.05) is 0 Å². The van der Waals surface area contributed by atoms with Gasteiger partial charge in [0.2, 0.25) is 5.95 Å². The van der Waals surface area contributed by atoms with Crippen molar-refractivity contribution in [2.75, 3.05) is 18.4 Å². The van der Waals surface area contributed by atoms with Crippen LogP contribution in [0.25, 0.3) is 0 Å². The Hall–Kier alpha value is -1.67. The maximum Gasteiger partial charge on any atom is 0.222 e. The Bertz CT molecular complexity index is 347. The molecule has 2 N–H and O–H groups in total. The molecular weight excluding hydrogens is 190 g/mol. The smallest absolute Gasteiger partial charge is 0.222 e. The summed E-state index contributed by atoms with van der Waals surface area (Å²) in [7, 11) is 0. The second kappa shape index (κ2) is 4.71. The number of nitrogens with zero attached hydrogens (tertiary/aromatic N) is 3. The fraction of sp³-hybridized carbons (Fsp3) is 0.500. The van der Waals surface area contributed by atoms with Crippen molar-refractivity contribution in [1.82, 2.24) is 15.3 Å². The van der Waals surface area contributed by atoms with Gasteiger partial charge in [0, 0.05) is 12.6 Å². The van der Waals surface area contributed by atoms with Gasteiger partial charge < -0.3 is 10.6 Å². The quantitative estimate of drug-likeness (QED) is 0.732. The van der Waals surface area contributed by atoms with Crippen LogP contribution in [0.3, 0.4) is 0 Å². The summed E-state index contributed by atoms with van der Waals surface area (Å²) >= 11 is 0. The van der Waals surface area contributed by atoms with E-state index in [1.165, 1.54) is 18.8 Å². The van der Waals surface area contributed by atoms with E-state index in [9.17, 15) is 0 Å². The highest BCUT2D eigenvalue weighted by Crippen LogP contribution is 2.07. The number of hydrogen-bond acceptors (Lipinski definition) is 5. The fourth-order valence-corrected chi connectivity index (χ4v) is 1.62. The molecule has 0 aliphatic carbocycles. The molecule has 0 radical (unpaired) electrons. The Balaban J connectivity index is 1.95. The summed E-state index contributed by atoms with van der Waals surface area (Å²) in [5.74, 6) is 0.600. The number of aromatic nitrogens is 2. The van der Waals surface area contributed by atoms with E-state index in [1.807, 2.05) is 6.07 Å². The van der Waals surface area contributed by atoms with Crippen molar-refractivity contribution in [2.24, 2.45) is 0 Å². The van der Waals surface area contributed by atoms with Gasteiger partial charge in [-0.25, -0.2) is 9.97 Å². The third-order valence-corrected chi connectivity index (χ3v) is 2.41. The summed E-state index contributed by atoms with van der Waals surface area (Å²) in [5.41, 5.74) is 0.488. The Morgan fingerprint density at radius 2 is 2.27 bits per heavy atom. The molecule has 0 saturated carbocycles. The second-order valence-electron chi connectivity index (χ2n) is 3.59. The maximum atomic E-state index is 8.59. The lowest BCUT2D eigenvalue weighted by Gasteiger charge is -2.23. The van der Waals surface area contributed by atoms with Gasteiger partial charge >= 0.3 is 0 Å². The third kappa shape index (κ3) is 2.64. The van der Waals surface area contributed by atoms with E-state index in [1.54, 1.807) is 0 Å². The van der Waals surface area contributed by atoms with E-state index < -0.39 is 0 Å². The number of hydrogen-bond donors (Lipinski definition) is 2. The van der Waals surface area contributed by atoms with E-state index in [-0.39, 0.29) is 0 Å². The summed E-state index contributed by atoms with van der Waals surface area (Å²) in [6.45, 7) is 2.04. The Morgan fingerprint density at radius 3 is 2.87 bits per heavy atom. The minimum Gasteiger partial charge on any atom is -0.350 e. The van der Waals surface area contributed by atoms with Crippen LogP contribution in [-0.4, -0.2) is 29.1 Å². The molecule has 0 spiro atoms. The van der Waals surface area contributed by atoms with Crippen LogP contribution in [0.1, 0.15) is 18.4 Å². The molecule has 0 bridgehead atoms. The van der Waals surface area contributed by atoms with Crippen LogP contribution >= 0.6 is 0 Å². The SMILES string of the molecule is N#Cc1cnc(N[C@@H]2CCCNC2)nc1. The van der Waals surface area contributed by atoms with Crippen molar-refractivity contribution in [3.63, 3.8) is 0 Å². The molecule has 1 aliphatic heterocycles. The van der Waals surface area contributed by atoms with E-state index in [0.717, 1.165) is 19.5 Å². The van der Waals surface area contributed by atoms with Crippen LogP contribution in [0.4, 0.5) is 5.95 Å². The van der Waals surface area contributed by atoms with Gasteiger partial charge in [0.05, 0.1) is 18.0 Å². The summed E-state index contributed by atoms with van der Waals surface area (Å²) in [5, 5.41) is 15.1. The molecular formula is C10H13N5. The van der Waals surface area contributed by atoms with Crippen molar-refractivity contribution < 1.29 is 0 Å². The molecule has 1 aromatic rings. The average molecular weight is 203 g/mol. The van der Waals surface area contributed by atoms with Gasteiger partial charge in [0.25, 0.3) is 0 Å². The summed E-state index contributed by atoms with van der Waals surface area (Å²) in [4.78, 5) is 8.14. The molecule has 1 atom stereocenters. The van der Waals surface area contributed by atoms with E-state index >= 15 is 0 Å². The zero-order chi connectivity index (χ0) is 10.5. The van der Waals surface area contributed by atoms with Crippen LogP contribution in [0.5, 0.6) is 0 Å². The van der Waals surface area contributed by atoms with Gasteiger partial charge in [-0.05, 0) is 19.4 Å². The zero-order valence-electron chi connectivity index (χ0n) is 8.40. The first kappa shape index (κ1) is 9.87. The molecule has 0 aromatic carbocycles. The van der Waals surface area contributed by atoms with Crippen molar-refractivity contribution in [1.29, 1.82) is 5.26 Å². The topological polar surface area (TPSA) is 73.6 Å². The normalized spacial score (nSPS) is 20.6. The first-order valence-corrected chi connectivity index (χ1v) is 5.08. The van der Waals surface area contributed by atoms with Crippen LogP contribution in [0.15, 0.2) is 12.4 Å². The highest BCUT2D eigenvalue weighted by atomic mass is 15.1. The molecule has 2 rings (SSSR count). The van der Waals surface area contributed by atoms with Crippen molar-refractivity contribution in [2.45, 2.75) is 18.9 Å². The lowest BCUT2D eigenvalue weighted by molar-refractivity contribution is 0.478. The molecule has 1 aliphatic rings. The molecule has 1 fully saturated rings. The Labute approximate surface area is 88.5 Å². The van der Waals surface area contributed by atoms with Crippen LogP contribution in [0.2, 0.25) is 0 Å². The van der Waals surface area contributed by atoms with E-state index in [0.29, 0.717) is 17.6 Å². The zero-order valence-corrected chi connectivity index (χ0v) is 8.40. The third-order valence-electron chi connectivity index (χ3n) is 2.41. The number of rotatable bonds is 2. The van der Waals surface area contributed by atoms with Gasteiger partial charge in [0.15, 0.2) is 0 Å². The van der Waals surface area contributed by atoms with Gasteiger partial charge in [0.1, 0.15) is 6.07 Å². The molecule has 78 valence electrons. The van der Waals surface area contributed by atoms with Gasteiger partial charge in [-0.3, -0.25) is 0 Å². The minimum absolute atomic E-state index is 0.395. The van der Waals surface area contributed by atoms with Crippen LogP contribution in [-0.2, 0) is 0 Å². The van der Waals surface area contributed by atoms with Gasteiger partial charge in [-0.15, -0.1) is 0 Å². The van der Waals surface area contributed by atoms with Crippen molar-refractivity contribution in [3.05, 3.63) is 18.0 Å². The fourth-order valence-electron chi connectivity index (χ4n) is 1.62. The summed E-state index contributed by atoms with van der Waals surface area (Å²) in [6, 6.07) is 2.39. The van der Waals surface area contributed by atoms with E-state index in [4.69, 9.17) is 5.26 Å². The summed E-state index contributed by atoms with van der Waals surface area (Å²) < 4.78 is 0. The number of nitrogens with one attached hydrogen (secondary N) is 2. The Morgan fingerprint density at radius 1 is 1.47 bits per heavy atom. The highest BCUT2D eigenvalue weighted by molar-refractivity contribution is 5.31. The molecule has 5 nitrogen and oxygen atoms in total. The van der Waals surface area contributed by atoms with Crippen molar-refractivity contribution in [3.8, 4) is 6.07 Å². The Kier molecular flexibility index (Phi) is 3.10. The molecule has 15 heavy (non-hydrogen) atoms. The first-order valence-electron chi connectivity index (χ1n) is 5.08. The number of piperidine rings is 1. The highest BCUT2D eigenvalue weighted by Gasteiger charge is 2.13. The van der Waals surface area contributed by atoms with Crippen LogP contribution in [0, 0.1) is 11.3 Å². The predicted octanol–water partition coefficient (Wildman–Crippen LogP) is 0.512.